The zero-order valence-corrected chi connectivity index (χ0v) is 17.3. The lowest BCUT2D eigenvalue weighted by Crippen LogP contribution is -2.38. The molecule has 1 aliphatic rings. The summed E-state index contributed by atoms with van der Waals surface area (Å²) >= 11 is 1.32. The van der Waals surface area contributed by atoms with Crippen LogP contribution in [0, 0.1) is 0 Å². The molecule has 2 aromatic rings. The van der Waals surface area contributed by atoms with Crippen molar-refractivity contribution in [2.75, 3.05) is 22.2 Å². The summed E-state index contributed by atoms with van der Waals surface area (Å²) in [6.45, 7) is 3.97. The average Bonchev–Trinajstić information content (AvgIpc) is 3.15. The number of nitrogens with zero attached hydrogens (tertiary/aromatic N) is 4. The fourth-order valence-corrected chi connectivity index (χ4v) is 5.84. The Morgan fingerprint density at radius 3 is 2.59 bits per heavy atom. The van der Waals surface area contributed by atoms with Crippen LogP contribution in [0.4, 0.5) is 5.69 Å². The molecule has 0 radical (unpaired) electrons. The number of hydrogen-bond acceptors (Lipinski definition) is 6. The number of hydrogen-bond donors (Lipinski definition) is 0. The molecule has 0 spiro atoms. The molecule has 1 saturated heterocycles. The number of rotatable bonds is 6. The molecule has 3 rings (SSSR count). The molecule has 27 heavy (non-hydrogen) atoms. The lowest BCUT2D eigenvalue weighted by molar-refractivity contribution is -0.116. The van der Waals surface area contributed by atoms with E-state index in [1.807, 2.05) is 55.8 Å². The van der Waals surface area contributed by atoms with Gasteiger partial charge in [0.1, 0.15) is 5.82 Å². The summed E-state index contributed by atoms with van der Waals surface area (Å²) in [6, 6.07) is 9.63. The molecule has 0 N–H and O–H groups in total. The van der Waals surface area contributed by atoms with E-state index in [1.54, 1.807) is 4.90 Å². The van der Waals surface area contributed by atoms with Gasteiger partial charge in [0.15, 0.2) is 15.0 Å². The molecule has 2 heterocycles. The highest BCUT2D eigenvalue weighted by atomic mass is 32.2. The molecule has 1 aliphatic heterocycles. The van der Waals surface area contributed by atoms with Crippen LogP contribution in [0.1, 0.15) is 32.0 Å². The highest BCUT2D eigenvalue weighted by Crippen LogP contribution is 2.29. The Morgan fingerprint density at radius 2 is 2.00 bits per heavy atom. The maximum atomic E-state index is 12.8. The Balaban J connectivity index is 1.69. The molecular weight excluding hydrogens is 384 g/mol. The van der Waals surface area contributed by atoms with Gasteiger partial charge in [0.25, 0.3) is 0 Å². The van der Waals surface area contributed by atoms with Gasteiger partial charge in [0.05, 0.1) is 17.3 Å². The molecule has 0 bridgehead atoms. The average molecular weight is 409 g/mol. The fraction of sp³-hybridized carbons (Fsp3) is 0.500. The zero-order chi connectivity index (χ0) is 19.6. The van der Waals surface area contributed by atoms with Crippen LogP contribution in [-0.2, 0) is 21.7 Å². The van der Waals surface area contributed by atoms with Crippen LogP contribution >= 0.6 is 11.8 Å². The Hall–Kier alpha value is -1.87. The minimum atomic E-state index is -2.98. The molecule has 1 atom stereocenters. The van der Waals surface area contributed by atoms with Crippen LogP contribution in [0.15, 0.2) is 35.5 Å². The summed E-state index contributed by atoms with van der Waals surface area (Å²) in [7, 11) is -1.15. The molecule has 0 aliphatic carbocycles. The number of para-hydroxylation sites is 1. The molecular formula is C18H24N4O3S2. The summed E-state index contributed by atoms with van der Waals surface area (Å²) in [6.07, 6.45) is 0.576. The Morgan fingerprint density at radius 1 is 1.30 bits per heavy atom. The molecule has 1 amide bonds. The van der Waals surface area contributed by atoms with E-state index in [-0.39, 0.29) is 35.1 Å². The monoisotopic (exact) mass is 408 g/mol. The minimum absolute atomic E-state index is 0.00538. The van der Waals surface area contributed by atoms with Crippen LogP contribution in [0.2, 0.25) is 0 Å². The van der Waals surface area contributed by atoms with Gasteiger partial charge in [0.2, 0.25) is 5.91 Å². The molecule has 9 heteroatoms. The van der Waals surface area contributed by atoms with Crippen molar-refractivity contribution in [3.63, 3.8) is 0 Å². The number of anilines is 1. The van der Waals surface area contributed by atoms with Gasteiger partial charge < -0.3 is 9.47 Å². The second kappa shape index (κ2) is 8.02. The first-order chi connectivity index (χ1) is 12.8. The third kappa shape index (κ3) is 4.52. The van der Waals surface area contributed by atoms with E-state index in [1.165, 1.54) is 11.8 Å². The number of thioether (sulfide) groups is 1. The van der Waals surface area contributed by atoms with Gasteiger partial charge in [-0.1, -0.05) is 30.0 Å². The number of carbonyl (C=O) groups is 1. The topological polar surface area (TPSA) is 85.2 Å². The Labute approximate surface area is 164 Å². The second-order valence-corrected chi connectivity index (χ2v) is 10.2. The standard InChI is InChI=1S/C18H24N4O3S2/c1-13(2)22(15-7-5-4-6-8-15)16(23)11-26-18-20-19-17(21(18)3)14-9-10-27(24,25)12-14/h4-8,13-14H,9-12H2,1-3H3. The summed E-state index contributed by atoms with van der Waals surface area (Å²) in [5.41, 5.74) is 0.868. The Bertz CT molecular complexity index is 910. The van der Waals surface area contributed by atoms with E-state index in [0.717, 1.165) is 5.69 Å². The smallest absolute Gasteiger partial charge is 0.237 e. The number of carbonyl (C=O) groups excluding carboxylic acids is 1. The van der Waals surface area contributed by atoms with Crippen molar-refractivity contribution in [2.24, 2.45) is 7.05 Å². The SMILES string of the molecule is CC(C)N(C(=O)CSc1nnc(C2CCS(=O)(=O)C2)n1C)c1ccccc1. The van der Waals surface area contributed by atoms with Gasteiger partial charge in [-0.25, -0.2) is 8.42 Å². The predicted molar refractivity (Wildman–Crippen MR) is 107 cm³/mol. The van der Waals surface area contributed by atoms with E-state index in [2.05, 4.69) is 10.2 Å². The third-order valence-corrected chi connectivity index (χ3v) is 7.38. The van der Waals surface area contributed by atoms with E-state index >= 15 is 0 Å². The molecule has 1 aromatic heterocycles. The lowest BCUT2D eigenvalue weighted by atomic mass is 10.1. The van der Waals surface area contributed by atoms with Crippen molar-refractivity contribution in [2.45, 2.75) is 37.4 Å². The van der Waals surface area contributed by atoms with Gasteiger partial charge in [-0.05, 0) is 32.4 Å². The first-order valence-electron chi connectivity index (χ1n) is 8.88. The predicted octanol–water partition coefficient (Wildman–Crippen LogP) is 2.25. The normalized spacial score (nSPS) is 18.7. The van der Waals surface area contributed by atoms with Crippen molar-refractivity contribution < 1.29 is 13.2 Å². The third-order valence-electron chi connectivity index (χ3n) is 4.61. The number of aromatic nitrogens is 3. The highest BCUT2D eigenvalue weighted by Gasteiger charge is 2.32. The summed E-state index contributed by atoms with van der Waals surface area (Å²) < 4.78 is 25.2. The van der Waals surface area contributed by atoms with E-state index in [0.29, 0.717) is 17.4 Å². The van der Waals surface area contributed by atoms with Crippen molar-refractivity contribution in [1.29, 1.82) is 0 Å². The van der Waals surface area contributed by atoms with Gasteiger partial charge >= 0.3 is 0 Å². The van der Waals surface area contributed by atoms with Crippen molar-refractivity contribution in [1.82, 2.24) is 14.8 Å². The van der Waals surface area contributed by atoms with E-state index in [9.17, 15) is 13.2 Å². The summed E-state index contributed by atoms with van der Waals surface area (Å²) in [5.74, 6) is 1.11. The maximum Gasteiger partial charge on any atom is 0.237 e. The number of sulfone groups is 1. The maximum absolute atomic E-state index is 12.8. The summed E-state index contributed by atoms with van der Waals surface area (Å²) in [4.78, 5) is 14.6. The fourth-order valence-electron chi connectivity index (χ4n) is 3.32. The molecule has 7 nitrogen and oxygen atoms in total. The lowest BCUT2D eigenvalue weighted by Gasteiger charge is -2.26. The summed E-state index contributed by atoms with van der Waals surface area (Å²) in [5, 5.41) is 8.97. The minimum Gasteiger partial charge on any atom is -0.309 e. The van der Waals surface area contributed by atoms with Gasteiger partial charge in [0, 0.05) is 24.7 Å². The van der Waals surface area contributed by atoms with Gasteiger partial charge in [-0.15, -0.1) is 10.2 Å². The largest absolute Gasteiger partial charge is 0.309 e. The molecule has 0 saturated carbocycles. The van der Waals surface area contributed by atoms with Crippen LogP contribution in [0.5, 0.6) is 0 Å². The molecule has 1 unspecified atom stereocenters. The van der Waals surface area contributed by atoms with Gasteiger partial charge in [-0.3, -0.25) is 4.79 Å². The highest BCUT2D eigenvalue weighted by molar-refractivity contribution is 7.99. The van der Waals surface area contributed by atoms with Crippen LogP contribution in [0.3, 0.4) is 0 Å². The Kier molecular flexibility index (Phi) is 5.90. The number of benzene rings is 1. The molecule has 146 valence electrons. The van der Waals surface area contributed by atoms with Crippen LogP contribution in [-0.4, -0.2) is 52.4 Å². The van der Waals surface area contributed by atoms with Crippen molar-refractivity contribution >= 4 is 33.2 Å². The van der Waals surface area contributed by atoms with Crippen LogP contribution < -0.4 is 4.90 Å². The first kappa shape index (κ1) is 19.9. The van der Waals surface area contributed by atoms with Crippen LogP contribution in [0.25, 0.3) is 0 Å². The van der Waals surface area contributed by atoms with Crippen molar-refractivity contribution in [3.8, 4) is 0 Å². The molecule has 1 aromatic carbocycles. The van der Waals surface area contributed by atoms with E-state index in [4.69, 9.17) is 0 Å². The number of amides is 1. The zero-order valence-electron chi connectivity index (χ0n) is 15.7. The van der Waals surface area contributed by atoms with E-state index < -0.39 is 9.84 Å². The second-order valence-electron chi connectivity index (χ2n) is 6.98. The quantitative estimate of drug-likeness (QED) is 0.682. The van der Waals surface area contributed by atoms with Crippen molar-refractivity contribution in [3.05, 3.63) is 36.2 Å². The molecule has 1 fully saturated rings. The first-order valence-corrected chi connectivity index (χ1v) is 11.7. The van der Waals surface area contributed by atoms with Gasteiger partial charge in [-0.2, -0.15) is 0 Å².